The van der Waals surface area contributed by atoms with Gasteiger partial charge >= 0.3 is 12.0 Å². The number of allylic oxidation sites excluding steroid dienone is 1. The molecule has 2 amide bonds. The lowest BCUT2D eigenvalue weighted by Gasteiger charge is -2.28. The number of carbonyl (C=O) groups excluding carboxylic acids is 2. The monoisotopic (exact) mass is 379 g/mol. The van der Waals surface area contributed by atoms with E-state index in [0.29, 0.717) is 22.6 Å². The molecule has 0 spiro atoms. The number of benzene rings is 1. The van der Waals surface area contributed by atoms with E-state index in [1.165, 1.54) is 6.07 Å². The molecule has 8 nitrogen and oxygen atoms in total. The Morgan fingerprint density at radius 1 is 1.38 bits per heavy atom. The SMILES string of the molecule is CCSCCOC(=O)C1=C(C)NC(=O)N[C@H]1c1ccc(C)c([N+](=O)[O-])c1. The van der Waals surface area contributed by atoms with E-state index in [9.17, 15) is 19.7 Å². The number of amides is 2. The lowest BCUT2D eigenvalue weighted by Crippen LogP contribution is -2.45. The van der Waals surface area contributed by atoms with E-state index in [0.717, 1.165) is 5.75 Å². The van der Waals surface area contributed by atoms with Crippen LogP contribution in [0.15, 0.2) is 29.5 Å². The van der Waals surface area contributed by atoms with Gasteiger partial charge in [0.2, 0.25) is 0 Å². The van der Waals surface area contributed by atoms with Crippen molar-refractivity contribution in [3.8, 4) is 0 Å². The first-order valence-electron chi connectivity index (χ1n) is 8.13. The predicted octanol–water partition coefficient (Wildman–Crippen LogP) is 2.83. The summed E-state index contributed by atoms with van der Waals surface area (Å²) in [4.78, 5) is 35.1. The van der Waals surface area contributed by atoms with Crippen LogP contribution in [0.4, 0.5) is 10.5 Å². The molecule has 26 heavy (non-hydrogen) atoms. The molecule has 2 N–H and O–H groups in total. The highest BCUT2D eigenvalue weighted by atomic mass is 32.2. The smallest absolute Gasteiger partial charge is 0.338 e. The molecule has 0 radical (unpaired) electrons. The first-order valence-corrected chi connectivity index (χ1v) is 9.28. The molecule has 0 unspecified atom stereocenters. The highest BCUT2D eigenvalue weighted by molar-refractivity contribution is 7.99. The third kappa shape index (κ3) is 4.54. The Kier molecular flexibility index (Phi) is 6.62. The second kappa shape index (κ2) is 8.70. The van der Waals surface area contributed by atoms with Crippen molar-refractivity contribution in [2.24, 2.45) is 0 Å². The van der Waals surface area contributed by atoms with E-state index >= 15 is 0 Å². The van der Waals surface area contributed by atoms with Gasteiger partial charge in [-0.05, 0) is 25.2 Å². The maximum absolute atomic E-state index is 12.5. The Morgan fingerprint density at radius 3 is 2.77 bits per heavy atom. The van der Waals surface area contributed by atoms with E-state index in [1.54, 1.807) is 37.7 Å². The lowest BCUT2D eigenvalue weighted by atomic mass is 9.94. The number of hydrogen-bond acceptors (Lipinski definition) is 6. The van der Waals surface area contributed by atoms with Crippen LogP contribution in [0.2, 0.25) is 0 Å². The highest BCUT2D eigenvalue weighted by Gasteiger charge is 2.33. The number of nitrogens with one attached hydrogen (secondary N) is 2. The third-order valence-electron chi connectivity index (χ3n) is 3.92. The van der Waals surface area contributed by atoms with E-state index < -0.39 is 23.0 Å². The molecular weight excluding hydrogens is 358 g/mol. The predicted molar refractivity (Wildman–Crippen MR) is 98.9 cm³/mol. The van der Waals surface area contributed by atoms with Crippen LogP contribution in [0.5, 0.6) is 0 Å². The highest BCUT2D eigenvalue weighted by Crippen LogP contribution is 2.31. The van der Waals surface area contributed by atoms with Crippen LogP contribution >= 0.6 is 11.8 Å². The maximum Gasteiger partial charge on any atom is 0.338 e. The molecule has 0 bridgehead atoms. The number of urea groups is 1. The number of nitrogens with zero attached hydrogens (tertiary/aromatic N) is 1. The number of carbonyl (C=O) groups is 2. The zero-order chi connectivity index (χ0) is 19.3. The molecule has 0 aromatic heterocycles. The Morgan fingerprint density at radius 2 is 2.12 bits per heavy atom. The summed E-state index contributed by atoms with van der Waals surface area (Å²) >= 11 is 1.65. The van der Waals surface area contributed by atoms with Gasteiger partial charge in [0.15, 0.2) is 0 Å². The maximum atomic E-state index is 12.5. The minimum atomic E-state index is -0.811. The number of hydrogen-bond donors (Lipinski definition) is 2. The van der Waals surface area contributed by atoms with Crippen molar-refractivity contribution in [3.05, 3.63) is 50.7 Å². The number of rotatable bonds is 7. The molecule has 0 fully saturated rings. The molecule has 1 atom stereocenters. The standard InChI is InChI=1S/C17H21N3O5S/c1-4-26-8-7-25-16(21)14-11(3)18-17(22)19-15(14)12-6-5-10(2)13(9-12)20(23)24/h5-6,9,15H,4,7-8H2,1-3H3,(H2,18,19,22)/t15-/m0/s1. The summed E-state index contributed by atoms with van der Waals surface area (Å²) in [5.41, 5.74) is 1.49. The fourth-order valence-corrected chi connectivity index (χ4v) is 3.12. The van der Waals surface area contributed by atoms with Gasteiger partial charge in [0.05, 0.1) is 16.5 Å². The van der Waals surface area contributed by atoms with Gasteiger partial charge in [-0.2, -0.15) is 11.8 Å². The van der Waals surface area contributed by atoms with Crippen LogP contribution in [-0.4, -0.2) is 35.0 Å². The first kappa shape index (κ1) is 19.8. The molecule has 1 heterocycles. The quantitative estimate of drug-likeness (QED) is 0.326. The van der Waals surface area contributed by atoms with Gasteiger partial charge in [0.25, 0.3) is 5.69 Å². The summed E-state index contributed by atoms with van der Waals surface area (Å²) in [6, 6.07) is 3.34. The Labute approximate surface area is 155 Å². The minimum absolute atomic E-state index is 0.0694. The fourth-order valence-electron chi connectivity index (χ4n) is 2.63. The summed E-state index contributed by atoms with van der Waals surface area (Å²) in [5.74, 6) is 1.04. The molecule has 140 valence electrons. The molecule has 1 aromatic rings. The van der Waals surface area contributed by atoms with Gasteiger partial charge in [0.1, 0.15) is 6.61 Å². The average Bonchev–Trinajstić information content (AvgIpc) is 2.58. The molecule has 0 aliphatic carbocycles. The van der Waals surface area contributed by atoms with E-state index in [1.807, 2.05) is 6.92 Å². The minimum Gasteiger partial charge on any atom is -0.461 e. The third-order valence-corrected chi connectivity index (χ3v) is 4.78. The molecular formula is C17H21N3O5S. The number of thioether (sulfide) groups is 1. The number of nitro benzene ring substituents is 1. The summed E-state index contributed by atoms with van der Waals surface area (Å²) < 4.78 is 5.30. The van der Waals surface area contributed by atoms with Crippen molar-refractivity contribution >= 4 is 29.4 Å². The van der Waals surface area contributed by atoms with E-state index in [-0.39, 0.29) is 17.9 Å². The summed E-state index contributed by atoms with van der Waals surface area (Å²) in [5, 5.41) is 16.4. The molecule has 1 aliphatic heterocycles. The fraction of sp³-hybridized carbons (Fsp3) is 0.412. The van der Waals surface area contributed by atoms with Gasteiger partial charge < -0.3 is 15.4 Å². The van der Waals surface area contributed by atoms with Crippen molar-refractivity contribution in [1.82, 2.24) is 10.6 Å². The Bertz CT molecular complexity index is 763. The van der Waals surface area contributed by atoms with Gasteiger partial charge in [-0.3, -0.25) is 10.1 Å². The molecule has 1 aliphatic rings. The van der Waals surface area contributed by atoms with Crippen molar-refractivity contribution in [3.63, 3.8) is 0 Å². The van der Waals surface area contributed by atoms with Gasteiger partial charge in [-0.15, -0.1) is 0 Å². The van der Waals surface area contributed by atoms with Crippen LogP contribution in [-0.2, 0) is 9.53 Å². The van der Waals surface area contributed by atoms with Crippen molar-refractivity contribution < 1.29 is 19.2 Å². The summed E-state index contributed by atoms with van der Waals surface area (Å²) in [6.07, 6.45) is 0. The molecule has 1 aromatic carbocycles. The Balaban J connectivity index is 2.33. The van der Waals surface area contributed by atoms with Gasteiger partial charge in [0, 0.05) is 23.1 Å². The topological polar surface area (TPSA) is 111 Å². The van der Waals surface area contributed by atoms with Crippen molar-refractivity contribution in [2.45, 2.75) is 26.8 Å². The molecule has 0 saturated heterocycles. The van der Waals surface area contributed by atoms with Crippen LogP contribution in [0.3, 0.4) is 0 Å². The first-order chi connectivity index (χ1) is 12.3. The van der Waals surface area contributed by atoms with E-state index in [4.69, 9.17) is 4.74 Å². The van der Waals surface area contributed by atoms with Gasteiger partial charge in [-0.25, -0.2) is 9.59 Å². The number of nitro groups is 1. The zero-order valence-electron chi connectivity index (χ0n) is 14.8. The molecule has 2 rings (SSSR count). The number of aryl methyl sites for hydroxylation is 1. The summed E-state index contributed by atoms with van der Waals surface area (Å²) in [7, 11) is 0. The van der Waals surface area contributed by atoms with Gasteiger partial charge in [-0.1, -0.05) is 19.1 Å². The van der Waals surface area contributed by atoms with Crippen LogP contribution in [0, 0.1) is 17.0 Å². The average molecular weight is 379 g/mol. The zero-order valence-corrected chi connectivity index (χ0v) is 15.6. The molecule has 0 saturated carbocycles. The Hall–Kier alpha value is -2.55. The number of ether oxygens (including phenoxy) is 1. The lowest BCUT2D eigenvalue weighted by molar-refractivity contribution is -0.385. The van der Waals surface area contributed by atoms with Crippen LogP contribution in [0.1, 0.15) is 31.0 Å². The van der Waals surface area contributed by atoms with E-state index in [2.05, 4.69) is 10.6 Å². The second-order valence-electron chi connectivity index (χ2n) is 5.71. The molecule has 9 heteroatoms. The second-order valence-corrected chi connectivity index (χ2v) is 7.10. The van der Waals surface area contributed by atoms with Crippen LogP contribution in [0.25, 0.3) is 0 Å². The normalized spacial score (nSPS) is 16.7. The largest absolute Gasteiger partial charge is 0.461 e. The van der Waals surface area contributed by atoms with Crippen molar-refractivity contribution in [2.75, 3.05) is 18.1 Å². The summed E-state index contributed by atoms with van der Waals surface area (Å²) in [6.45, 7) is 5.50. The van der Waals surface area contributed by atoms with Crippen molar-refractivity contribution in [1.29, 1.82) is 0 Å². The van der Waals surface area contributed by atoms with Crippen LogP contribution < -0.4 is 10.6 Å². The number of esters is 1.